The Morgan fingerprint density at radius 2 is 1.86 bits per heavy atom. The fraction of sp³-hybridized carbons (Fsp3) is 0.353. The molecule has 0 bridgehead atoms. The standard InChI is InChI=1S/C17H23N3O/c1-12-11-15(13(2)19-12)9-10-18-17(21)14-5-7-16(8-6-14)20(3)4/h5-8,11,19H,9-10H2,1-4H3,(H,18,21). The second-order valence-electron chi connectivity index (χ2n) is 5.55. The molecule has 0 atom stereocenters. The van der Waals surface area contributed by atoms with Crippen LogP contribution in [0.4, 0.5) is 5.69 Å². The summed E-state index contributed by atoms with van der Waals surface area (Å²) in [6.45, 7) is 4.75. The van der Waals surface area contributed by atoms with Crippen molar-refractivity contribution >= 4 is 11.6 Å². The number of benzene rings is 1. The van der Waals surface area contributed by atoms with Crippen LogP contribution < -0.4 is 10.2 Å². The first-order valence-corrected chi connectivity index (χ1v) is 7.18. The summed E-state index contributed by atoms with van der Waals surface area (Å²) in [6, 6.07) is 9.75. The van der Waals surface area contributed by atoms with Gasteiger partial charge in [-0.1, -0.05) is 0 Å². The van der Waals surface area contributed by atoms with Gasteiger partial charge in [-0.15, -0.1) is 0 Å². The first-order chi connectivity index (χ1) is 9.97. The predicted molar refractivity (Wildman–Crippen MR) is 87.1 cm³/mol. The van der Waals surface area contributed by atoms with Crippen molar-refractivity contribution in [2.24, 2.45) is 0 Å². The molecule has 0 unspecified atom stereocenters. The molecule has 0 spiro atoms. The highest BCUT2D eigenvalue weighted by atomic mass is 16.1. The molecule has 4 heteroatoms. The van der Waals surface area contributed by atoms with Crippen LogP contribution in [0.25, 0.3) is 0 Å². The maximum Gasteiger partial charge on any atom is 0.251 e. The number of anilines is 1. The number of carbonyl (C=O) groups is 1. The minimum atomic E-state index is -0.0229. The predicted octanol–water partition coefficient (Wildman–Crippen LogP) is 2.67. The second-order valence-corrected chi connectivity index (χ2v) is 5.55. The quantitative estimate of drug-likeness (QED) is 0.887. The van der Waals surface area contributed by atoms with Crippen molar-refractivity contribution in [3.05, 3.63) is 52.8 Å². The molecule has 21 heavy (non-hydrogen) atoms. The lowest BCUT2D eigenvalue weighted by molar-refractivity contribution is 0.0954. The van der Waals surface area contributed by atoms with Crippen LogP contribution in [0.15, 0.2) is 30.3 Å². The molecule has 112 valence electrons. The molecule has 1 aromatic carbocycles. The van der Waals surface area contributed by atoms with E-state index in [1.165, 1.54) is 11.3 Å². The number of aromatic amines is 1. The molecule has 1 heterocycles. The van der Waals surface area contributed by atoms with Crippen molar-refractivity contribution in [2.75, 3.05) is 25.5 Å². The van der Waals surface area contributed by atoms with Crippen molar-refractivity contribution < 1.29 is 4.79 Å². The lowest BCUT2D eigenvalue weighted by Crippen LogP contribution is -2.25. The normalized spacial score (nSPS) is 10.5. The fourth-order valence-electron chi connectivity index (χ4n) is 2.37. The third-order valence-electron chi connectivity index (χ3n) is 3.58. The van der Waals surface area contributed by atoms with Crippen molar-refractivity contribution in [3.8, 4) is 0 Å². The number of nitrogens with one attached hydrogen (secondary N) is 2. The topological polar surface area (TPSA) is 48.1 Å². The Balaban J connectivity index is 1.88. The number of carbonyl (C=O) groups excluding carboxylic acids is 1. The van der Waals surface area contributed by atoms with Crippen LogP contribution in [0.2, 0.25) is 0 Å². The highest BCUT2D eigenvalue weighted by Gasteiger charge is 2.07. The highest BCUT2D eigenvalue weighted by Crippen LogP contribution is 2.12. The van der Waals surface area contributed by atoms with Crippen molar-refractivity contribution in [1.29, 1.82) is 0 Å². The lowest BCUT2D eigenvalue weighted by atomic mass is 10.1. The number of nitrogens with zero attached hydrogens (tertiary/aromatic N) is 1. The largest absolute Gasteiger partial charge is 0.378 e. The SMILES string of the molecule is Cc1cc(CCNC(=O)c2ccc(N(C)C)cc2)c(C)[nH]1. The third-order valence-corrected chi connectivity index (χ3v) is 3.58. The Morgan fingerprint density at radius 3 is 2.38 bits per heavy atom. The van der Waals surface area contributed by atoms with Gasteiger partial charge >= 0.3 is 0 Å². The molecule has 0 aliphatic rings. The number of rotatable bonds is 5. The van der Waals surface area contributed by atoms with E-state index in [0.29, 0.717) is 12.1 Å². The van der Waals surface area contributed by atoms with Crippen LogP contribution in [0.3, 0.4) is 0 Å². The third kappa shape index (κ3) is 3.88. The second kappa shape index (κ2) is 6.48. The van der Waals surface area contributed by atoms with Gasteiger partial charge in [0.2, 0.25) is 0 Å². The van der Waals surface area contributed by atoms with Gasteiger partial charge in [-0.2, -0.15) is 0 Å². The average Bonchev–Trinajstić information content (AvgIpc) is 2.77. The van der Waals surface area contributed by atoms with E-state index in [2.05, 4.69) is 23.3 Å². The number of hydrogen-bond donors (Lipinski definition) is 2. The zero-order valence-electron chi connectivity index (χ0n) is 13.2. The van der Waals surface area contributed by atoms with Crippen LogP contribution in [-0.4, -0.2) is 31.5 Å². The molecule has 0 saturated heterocycles. The molecule has 4 nitrogen and oxygen atoms in total. The van der Waals surface area contributed by atoms with E-state index in [9.17, 15) is 4.79 Å². The number of hydrogen-bond acceptors (Lipinski definition) is 2. The van der Waals surface area contributed by atoms with Crippen molar-refractivity contribution in [3.63, 3.8) is 0 Å². The van der Waals surface area contributed by atoms with Crippen LogP contribution in [0.5, 0.6) is 0 Å². The Hall–Kier alpha value is -2.23. The van der Waals surface area contributed by atoms with Gasteiger partial charge in [0.1, 0.15) is 0 Å². The molecule has 2 rings (SSSR count). The zero-order valence-corrected chi connectivity index (χ0v) is 13.2. The maximum atomic E-state index is 12.1. The first kappa shape index (κ1) is 15.2. The summed E-state index contributed by atoms with van der Waals surface area (Å²) in [6.07, 6.45) is 0.845. The lowest BCUT2D eigenvalue weighted by Gasteiger charge is -2.12. The molecular formula is C17H23N3O. The van der Waals surface area contributed by atoms with Gasteiger partial charge in [0.05, 0.1) is 0 Å². The molecule has 1 aromatic heterocycles. The van der Waals surface area contributed by atoms with Gasteiger partial charge in [0, 0.05) is 43.3 Å². The fourth-order valence-corrected chi connectivity index (χ4v) is 2.37. The number of aryl methyl sites for hydroxylation is 2. The minimum Gasteiger partial charge on any atom is -0.378 e. The van der Waals surface area contributed by atoms with Crippen molar-refractivity contribution in [1.82, 2.24) is 10.3 Å². The smallest absolute Gasteiger partial charge is 0.251 e. The summed E-state index contributed by atoms with van der Waals surface area (Å²) in [4.78, 5) is 17.4. The summed E-state index contributed by atoms with van der Waals surface area (Å²) in [7, 11) is 3.96. The van der Waals surface area contributed by atoms with Gasteiger partial charge in [-0.05, 0) is 56.2 Å². The summed E-state index contributed by atoms with van der Waals surface area (Å²) >= 11 is 0. The van der Waals surface area contributed by atoms with E-state index < -0.39 is 0 Å². The summed E-state index contributed by atoms with van der Waals surface area (Å²) in [5, 5.41) is 2.97. The number of H-pyrrole nitrogens is 1. The maximum absolute atomic E-state index is 12.1. The van der Waals surface area contributed by atoms with Gasteiger partial charge in [-0.25, -0.2) is 0 Å². The average molecular weight is 285 g/mol. The van der Waals surface area contributed by atoms with E-state index in [-0.39, 0.29) is 5.91 Å². The Morgan fingerprint density at radius 1 is 1.19 bits per heavy atom. The Labute approximate surface area is 126 Å². The van der Waals surface area contributed by atoms with Crippen LogP contribution >= 0.6 is 0 Å². The molecule has 2 aromatic rings. The summed E-state index contributed by atoms with van der Waals surface area (Å²) < 4.78 is 0. The summed E-state index contributed by atoms with van der Waals surface area (Å²) in [5.41, 5.74) is 5.38. The van der Waals surface area contributed by atoms with E-state index in [1.807, 2.05) is 50.2 Å². The van der Waals surface area contributed by atoms with Crippen molar-refractivity contribution in [2.45, 2.75) is 20.3 Å². The van der Waals surface area contributed by atoms with Gasteiger partial charge in [-0.3, -0.25) is 4.79 Å². The first-order valence-electron chi connectivity index (χ1n) is 7.18. The molecule has 0 aliphatic carbocycles. The molecule has 2 N–H and O–H groups in total. The Kier molecular flexibility index (Phi) is 4.68. The van der Waals surface area contributed by atoms with Gasteiger partial charge in [0.15, 0.2) is 0 Å². The minimum absolute atomic E-state index is 0.0229. The molecule has 0 aliphatic heterocycles. The molecule has 0 fully saturated rings. The number of amides is 1. The van der Waals surface area contributed by atoms with Gasteiger partial charge < -0.3 is 15.2 Å². The molecule has 1 amide bonds. The molecular weight excluding hydrogens is 262 g/mol. The van der Waals surface area contributed by atoms with E-state index >= 15 is 0 Å². The van der Waals surface area contributed by atoms with E-state index in [1.54, 1.807) is 0 Å². The Bertz CT molecular complexity index is 611. The van der Waals surface area contributed by atoms with Crippen LogP contribution in [0.1, 0.15) is 27.3 Å². The number of aromatic nitrogens is 1. The van der Waals surface area contributed by atoms with Gasteiger partial charge in [0.25, 0.3) is 5.91 Å². The van der Waals surface area contributed by atoms with Crippen LogP contribution in [-0.2, 0) is 6.42 Å². The van der Waals surface area contributed by atoms with E-state index in [0.717, 1.165) is 17.8 Å². The molecule has 0 saturated carbocycles. The highest BCUT2D eigenvalue weighted by molar-refractivity contribution is 5.94. The monoisotopic (exact) mass is 285 g/mol. The molecule has 0 radical (unpaired) electrons. The zero-order chi connectivity index (χ0) is 15.4. The van der Waals surface area contributed by atoms with Crippen LogP contribution in [0, 0.1) is 13.8 Å². The van der Waals surface area contributed by atoms with E-state index in [4.69, 9.17) is 0 Å². The summed E-state index contributed by atoms with van der Waals surface area (Å²) in [5.74, 6) is -0.0229.